The normalized spacial score (nSPS) is 13.3. The molecule has 3 atom stereocenters. The van der Waals surface area contributed by atoms with E-state index in [0.29, 0.717) is 45.9 Å². The Hall–Kier alpha value is -3.30. The summed E-state index contributed by atoms with van der Waals surface area (Å²) >= 11 is 0. The predicted molar refractivity (Wildman–Crippen MR) is 158 cm³/mol. The van der Waals surface area contributed by atoms with E-state index in [2.05, 4.69) is 0 Å². The number of carbonyl (C=O) groups excluding carboxylic acids is 6. The average Bonchev–Trinajstić information content (AvgIpc) is 2.74. The van der Waals surface area contributed by atoms with Gasteiger partial charge in [-0.2, -0.15) is 0 Å². The number of carboxylic acid groups (broad SMARTS) is 3. The average molecular weight is 652 g/mol. The molecule has 0 saturated carbocycles. The van der Waals surface area contributed by atoms with E-state index in [-0.39, 0.29) is 37.6 Å². The largest absolute Gasteiger partial charge is 0.550 e. The maximum atomic E-state index is 11.3. The summed E-state index contributed by atoms with van der Waals surface area (Å²) in [6.45, 7) is 6.17. The number of nitrogens with zero attached hydrogens (tertiary/aromatic N) is 3. The van der Waals surface area contributed by atoms with E-state index in [9.17, 15) is 44.1 Å². The number of esters is 3. The third kappa shape index (κ3) is 36.8. The summed E-state index contributed by atoms with van der Waals surface area (Å²) in [6.07, 6.45) is -1.31. The molecule has 0 N–H and O–H groups in total. The Morgan fingerprint density at radius 3 is 1.04 bits per heavy atom. The van der Waals surface area contributed by atoms with E-state index < -0.39 is 42.2 Å². The van der Waals surface area contributed by atoms with Crippen LogP contribution in [0.2, 0.25) is 0 Å². The van der Waals surface area contributed by atoms with Crippen LogP contribution >= 0.6 is 0 Å². The number of carbonyl (C=O) groups is 6. The van der Waals surface area contributed by atoms with E-state index >= 15 is 0 Å². The van der Waals surface area contributed by atoms with Crippen molar-refractivity contribution in [2.24, 2.45) is 0 Å². The molecule has 0 aromatic heterocycles. The minimum Gasteiger partial charge on any atom is -0.550 e. The number of hydrogen-bond acceptors (Lipinski definition) is 12. The van der Waals surface area contributed by atoms with E-state index in [0.717, 1.165) is 0 Å². The molecule has 0 heterocycles. The first-order chi connectivity index (χ1) is 20.2. The fourth-order valence-corrected chi connectivity index (χ4v) is 3.77. The molecular weight excluding hydrogens is 594 g/mol. The molecule has 0 aliphatic rings. The number of aliphatic carboxylic acids is 3. The highest BCUT2D eigenvalue weighted by atomic mass is 16.6. The van der Waals surface area contributed by atoms with Crippen molar-refractivity contribution in [3.05, 3.63) is 0 Å². The minimum atomic E-state index is -1.20. The first-order valence-electron chi connectivity index (χ1n) is 14.8. The second kappa shape index (κ2) is 22.2. The first-order valence-corrected chi connectivity index (χ1v) is 14.8. The van der Waals surface area contributed by atoms with E-state index in [1.807, 2.05) is 70.4 Å². The van der Waals surface area contributed by atoms with E-state index in [1.165, 1.54) is 6.92 Å². The monoisotopic (exact) mass is 651 g/mol. The number of quaternary nitrogens is 3. The molecule has 15 nitrogen and oxygen atoms in total. The molecule has 0 aromatic rings. The lowest BCUT2D eigenvalue weighted by Crippen LogP contribution is -2.45. The second-order valence-electron chi connectivity index (χ2n) is 13.7. The molecular formula is C30H57N3O12. The van der Waals surface area contributed by atoms with Crippen LogP contribution in [0.3, 0.4) is 0 Å². The van der Waals surface area contributed by atoms with Gasteiger partial charge in [0.15, 0.2) is 18.3 Å². The van der Waals surface area contributed by atoms with Crippen molar-refractivity contribution >= 4 is 35.8 Å². The maximum absolute atomic E-state index is 11.3. The van der Waals surface area contributed by atoms with Gasteiger partial charge in [-0.15, -0.1) is 0 Å². The van der Waals surface area contributed by atoms with Crippen LogP contribution in [0.5, 0.6) is 0 Å². The minimum absolute atomic E-state index is 0.245. The van der Waals surface area contributed by atoms with Gasteiger partial charge in [0.1, 0.15) is 19.6 Å². The summed E-state index contributed by atoms with van der Waals surface area (Å²) < 4.78 is 16.6. The summed E-state index contributed by atoms with van der Waals surface area (Å²) in [5, 5.41) is 31.3. The van der Waals surface area contributed by atoms with Crippen LogP contribution in [-0.4, -0.2) is 151 Å². The third-order valence-electron chi connectivity index (χ3n) is 5.11. The summed E-state index contributed by atoms with van der Waals surface area (Å²) in [7, 11) is 17.1. The van der Waals surface area contributed by atoms with Gasteiger partial charge in [0.2, 0.25) is 0 Å². The highest BCUT2D eigenvalue weighted by Crippen LogP contribution is 2.07. The van der Waals surface area contributed by atoms with Crippen molar-refractivity contribution in [3.63, 3.8) is 0 Å². The van der Waals surface area contributed by atoms with E-state index in [1.54, 1.807) is 6.92 Å². The molecule has 0 spiro atoms. The third-order valence-corrected chi connectivity index (χ3v) is 5.11. The summed E-state index contributed by atoms with van der Waals surface area (Å²) in [6, 6.07) is 0. The van der Waals surface area contributed by atoms with Gasteiger partial charge < -0.3 is 57.4 Å². The number of hydrogen-bond donors (Lipinski definition) is 0. The molecule has 0 aliphatic heterocycles. The topological polar surface area (TPSA) is 199 Å². The fraction of sp³-hybridized carbons (Fsp3) is 0.800. The molecule has 0 rings (SSSR count). The van der Waals surface area contributed by atoms with Crippen LogP contribution in [0.15, 0.2) is 0 Å². The van der Waals surface area contributed by atoms with Crippen molar-refractivity contribution in [2.75, 3.05) is 83.1 Å². The molecule has 0 amide bonds. The maximum Gasteiger partial charge on any atom is 0.306 e. The molecule has 45 heavy (non-hydrogen) atoms. The Labute approximate surface area is 268 Å². The molecule has 0 aromatic carbocycles. The Morgan fingerprint density at radius 2 is 0.822 bits per heavy atom. The Kier molecular flexibility index (Phi) is 22.8. The first kappa shape index (κ1) is 46.1. The van der Waals surface area contributed by atoms with E-state index in [4.69, 9.17) is 14.2 Å². The lowest BCUT2D eigenvalue weighted by atomic mass is 10.2. The summed E-state index contributed by atoms with van der Waals surface area (Å²) in [4.78, 5) is 64.4. The zero-order valence-electron chi connectivity index (χ0n) is 29.3. The number of ether oxygens (including phenoxy) is 3. The Bertz CT molecular complexity index is 918. The number of likely N-dealkylation sites (N-methyl/N-ethyl adjacent to an activating group) is 3. The standard InChI is InChI=1S/C11H21NO4.C10H19NO4.C9H17NO4/c1-5-6-11(15)16-9(7-10(13)14)8-12(2,3)4;1-5-10(14)15-8(6-9(12)13)7-11(2,3)4;1-7(11)14-8(5-9(12)13)6-10(2,3)4/h9H,5-8H2,1-4H3;8H,5-7H2,1-4H3;8H,5-6H2,1-4H3/t9-;2*8-/m111/s1. The van der Waals surface area contributed by atoms with Gasteiger partial charge in [0.05, 0.1) is 63.4 Å². The zero-order valence-corrected chi connectivity index (χ0v) is 29.3. The van der Waals surface area contributed by atoms with Gasteiger partial charge >= 0.3 is 17.9 Å². The van der Waals surface area contributed by atoms with Crippen molar-refractivity contribution in [1.29, 1.82) is 0 Å². The van der Waals surface area contributed by atoms with Crippen molar-refractivity contribution in [2.45, 2.75) is 77.6 Å². The van der Waals surface area contributed by atoms with Crippen LogP contribution in [0, 0.1) is 0 Å². The number of carboxylic acids is 3. The highest BCUT2D eigenvalue weighted by molar-refractivity contribution is 5.71. The summed E-state index contributed by atoms with van der Waals surface area (Å²) in [5.41, 5.74) is 0. The molecule has 0 fully saturated rings. The molecule has 0 bridgehead atoms. The highest BCUT2D eigenvalue weighted by Gasteiger charge is 2.23. The molecule has 0 radical (unpaired) electrons. The van der Waals surface area contributed by atoms with Crippen molar-refractivity contribution in [3.8, 4) is 0 Å². The van der Waals surface area contributed by atoms with Gasteiger partial charge in [-0.3, -0.25) is 14.4 Å². The van der Waals surface area contributed by atoms with Crippen LogP contribution in [0.4, 0.5) is 0 Å². The van der Waals surface area contributed by atoms with Gasteiger partial charge in [0, 0.05) is 56.9 Å². The second-order valence-corrected chi connectivity index (χ2v) is 13.7. The molecule has 264 valence electrons. The molecule has 15 heteroatoms. The fourth-order valence-electron chi connectivity index (χ4n) is 3.77. The number of rotatable bonds is 18. The predicted octanol–water partition coefficient (Wildman–Crippen LogP) is -2.54. The molecule has 0 aliphatic carbocycles. The van der Waals surface area contributed by atoms with Gasteiger partial charge in [0.25, 0.3) is 0 Å². The smallest absolute Gasteiger partial charge is 0.306 e. The lowest BCUT2D eigenvalue weighted by molar-refractivity contribution is -0.873. The molecule has 0 unspecified atom stereocenters. The van der Waals surface area contributed by atoms with Gasteiger partial charge in [-0.1, -0.05) is 13.8 Å². The van der Waals surface area contributed by atoms with Gasteiger partial charge in [-0.05, 0) is 6.42 Å². The van der Waals surface area contributed by atoms with Crippen LogP contribution in [0.1, 0.15) is 59.3 Å². The summed E-state index contributed by atoms with van der Waals surface area (Å²) in [5.74, 6) is -4.79. The van der Waals surface area contributed by atoms with Gasteiger partial charge in [-0.25, -0.2) is 0 Å². The SMILES string of the molecule is CC(=O)O[C@H](CC(=O)[O-])C[N+](C)(C)C.CCC(=O)O[C@H](CC(=O)[O-])C[N+](C)(C)C.CCCC(=O)O[C@H](CC(=O)[O-])C[N+](C)(C)C. The van der Waals surface area contributed by atoms with Crippen molar-refractivity contribution < 1.29 is 71.7 Å². The van der Waals surface area contributed by atoms with Crippen LogP contribution < -0.4 is 15.3 Å². The Morgan fingerprint density at radius 1 is 0.533 bits per heavy atom. The molecule has 0 saturated heterocycles. The lowest BCUT2D eigenvalue weighted by Gasteiger charge is -2.29. The van der Waals surface area contributed by atoms with Crippen molar-refractivity contribution in [1.82, 2.24) is 0 Å². The Balaban J connectivity index is -0.000000589. The quantitative estimate of drug-likeness (QED) is 0.0856. The van der Waals surface area contributed by atoms with Crippen LogP contribution in [0.25, 0.3) is 0 Å². The zero-order chi connectivity index (χ0) is 36.2. The van der Waals surface area contributed by atoms with Crippen LogP contribution in [-0.2, 0) is 43.0 Å².